The minimum absolute atomic E-state index is 0.184. The number of rotatable bonds is 7. The van der Waals surface area contributed by atoms with Crippen molar-refractivity contribution in [2.45, 2.75) is 36.7 Å². The number of anilines is 1. The normalized spacial score (nSPS) is 15.2. The van der Waals surface area contributed by atoms with Crippen LogP contribution in [0.1, 0.15) is 25.6 Å². The highest BCUT2D eigenvalue weighted by Gasteiger charge is 2.23. The molecule has 1 amide bonds. The Labute approximate surface area is 183 Å². The predicted octanol–water partition coefficient (Wildman–Crippen LogP) is 4.26. The molecule has 0 aliphatic carbocycles. The summed E-state index contributed by atoms with van der Waals surface area (Å²) in [4.78, 5) is 15.0. The van der Waals surface area contributed by atoms with Crippen molar-refractivity contribution >= 4 is 23.4 Å². The summed E-state index contributed by atoms with van der Waals surface area (Å²) in [5, 5.41) is 11.1. The fourth-order valence-corrected chi connectivity index (χ4v) is 4.38. The van der Waals surface area contributed by atoms with E-state index in [1.165, 1.54) is 24.6 Å². The summed E-state index contributed by atoms with van der Waals surface area (Å²) in [5.41, 5.74) is 0.727. The number of hydrogen-bond donors (Lipinski definition) is 1. The van der Waals surface area contributed by atoms with Crippen molar-refractivity contribution in [3.63, 3.8) is 0 Å². The van der Waals surface area contributed by atoms with Gasteiger partial charge in [-0.1, -0.05) is 30.0 Å². The highest BCUT2D eigenvalue weighted by Crippen LogP contribution is 2.28. The summed E-state index contributed by atoms with van der Waals surface area (Å²) >= 11 is 1.22. The molecular weight excluding hydrogens is 420 g/mol. The minimum Gasteiger partial charge on any atom is -0.323 e. The van der Waals surface area contributed by atoms with E-state index in [0.29, 0.717) is 11.7 Å². The molecule has 1 saturated heterocycles. The number of thioether (sulfide) groups is 1. The van der Waals surface area contributed by atoms with Crippen molar-refractivity contribution in [1.29, 1.82) is 0 Å². The molecule has 1 aliphatic rings. The molecule has 1 unspecified atom stereocenters. The molecule has 162 valence electrons. The first-order valence-electron chi connectivity index (χ1n) is 10.2. The molecule has 1 fully saturated rings. The Balaban J connectivity index is 1.55. The zero-order valence-corrected chi connectivity index (χ0v) is 17.9. The molecule has 2 heterocycles. The van der Waals surface area contributed by atoms with Crippen LogP contribution in [0.3, 0.4) is 0 Å². The molecule has 9 heteroatoms. The average molecular weight is 444 g/mol. The van der Waals surface area contributed by atoms with E-state index in [4.69, 9.17) is 0 Å². The lowest BCUT2D eigenvalue weighted by Crippen LogP contribution is -2.24. The summed E-state index contributed by atoms with van der Waals surface area (Å²) in [6.07, 6.45) is 2.35. The number of halogens is 2. The highest BCUT2D eigenvalue weighted by molar-refractivity contribution is 8.00. The Kier molecular flexibility index (Phi) is 6.62. The lowest BCUT2D eigenvalue weighted by Gasteiger charge is -2.17. The monoisotopic (exact) mass is 443 g/mol. The first-order chi connectivity index (χ1) is 15.0. The molecule has 2 aromatic carbocycles. The van der Waals surface area contributed by atoms with Gasteiger partial charge in [0.2, 0.25) is 5.91 Å². The second kappa shape index (κ2) is 9.57. The minimum atomic E-state index is -0.688. The van der Waals surface area contributed by atoms with Crippen LogP contribution in [-0.2, 0) is 11.3 Å². The molecule has 3 aromatic rings. The van der Waals surface area contributed by atoms with E-state index in [0.717, 1.165) is 42.8 Å². The quantitative estimate of drug-likeness (QED) is 0.553. The molecule has 6 nitrogen and oxygen atoms in total. The summed E-state index contributed by atoms with van der Waals surface area (Å²) < 4.78 is 29.2. The van der Waals surface area contributed by atoms with Gasteiger partial charge < -0.3 is 5.32 Å². The van der Waals surface area contributed by atoms with Crippen LogP contribution in [0.15, 0.2) is 53.7 Å². The van der Waals surface area contributed by atoms with Gasteiger partial charge in [0.05, 0.1) is 17.5 Å². The summed E-state index contributed by atoms with van der Waals surface area (Å²) in [7, 11) is 0. The summed E-state index contributed by atoms with van der Waals surface area (Å²) in [6.45, 7) is 4.43. The molecule has 1 aromatic heterocycles. The SMILES string of the molecule is CC(Sc1nnc(CN2CCCC2)n1-c1ccccc1)C(=O)Nc1cc(F)ccc1F. The third-order valence-electron chi connectivity index (χ3n) is 5.12. The molecule has 1 atom stereocenters. The second-order valence-electron chi connectivity index (χ2n) is 7.43. The van der Waals surface area contributed by atoms with Crippen molar-refractivity contribution in [2.24, 2.45) is 0 Å². The molecule has 1 aliphatic heterocycles. The van der Waals surface area contributed by atoms with Crippen molar-refractivity contribution in [3.8, 4) is 5.69 Å². The van der Waals surface area contributed by atoms with Crippen LogP contribution in [-0.4, -0.2) is 43.9 Å². The van der Waals surface area contributed by atoms with Crippen LogP contribution in [0.4, 0.5) is 14.5 Å². The van der Waals surface area contributed by atoms with Gasteiger partial charge in [0.25, 0.3) is 0 Å². The van der Waals surface area contributed by atoms with E-state index in [2.05, 4.69) is 20.4 Å². The van der Waals surface area contributed by atoms with Crippen LogP contribution >= 0.6 is 11.8 Å². The maximum atomic E-state index is 13.9. The fourth-order valence-electron chi connectivity index (χ4n) is 3.50. The number of para-hydroxylation sites is 1. The Morgan fingerprint density at radius 3 is 2.61 bits per heavy atom. The summed E-state index contributed by atoms with van der Waals surface area (Å²) in [5.74, 6) is -0.947. The van der Waals surface area contributed by atoms with E-state index in [9.17, 15) is 13.6 Å². The van der Waals surface area contributed by atoms with Gasteiger partial charge >= 0.3 is 0 Å². The third-order valence-corrected chi connectivity index (χ3v) is 6.16. The van der Waals surface area contributed by atoms with Crippen LogP contribution in [0, 0.1) is 11.6 Å². The number of amides is 1. The van der Waals surface area contributed by atoms with E-state index >= 15 is 0 Å². The van der Waals surface area contributed by atoms with Gasteiger partial charge in [-0.3, -0.25) is 14.3 Å². The Morgan fingerprint density at radius 1 is 1.13 bits per heavy atom. The molecular formula is C22H23F2N5OS. The molecule has 0 radical (unpaired) electrons. The first-order valence-corrected chi connectivity index (χ1v) is 11.0. The number of nitrogens with zero attached hydrogens (tertiary/aromatic N) is 4. The zero-order valence-electron chi connectivity index (χ0n) is 17.1. The smallest absolute Gasteiger partial charge is 0.237 e. The van der Waals surface area contributed by atoms with Crippen molar-refractivity contribution in [1.82, 2.24) is 19.7 Å². The van der Waals surface area contributed by atoms with Gasteiger partial charge in [-0.25, -0.2) is 8.78 Å². The molecule has 1 N–H and O–H groups in total. The van der Waals surface area contributed by atoms with E-state index in [1.807, 2.05) is 34.9 Å². The Morgan fingerprint density at radius 2 is 1.87 bits per heavy atom. The van der Waals surface area contributed by atoms with Crippen LogP contribution in [0.5, 0.6) is 0 Å². The predicted molar refractivity (Wildman–Crippen MR) is 116 cm³/mol. The summed E-state index contributed by atoms with van der Waals surface area (Å²) in [6, 6.07) is 12.7. The standard InChI is InChI=1S/C22H23F2N5OS/c1-15(21(30)25-19-13-16(23)9-10-18(19)24)31-22-27-26-20(14-28-11-5-6-12-28)29(22)17-7-3-2-4-8-17/h2-4,7-10,13,15H,5-6,11-12,14H2,1H3,(H,25,30). The zero-order chi connectivity index (χ0) is 21.8. The number of likely N-dealkylation sites (tertiary alicyclic amines) is 1. The number of nitrogens with one attached hydrogen (secondary N) is 1. The molecule has 4 rings (SSSR count). The molecule has 0 saturated carbocycles. The number of aromatic nitrogens is 3. The van der Waals surface area contributed by atoms with Crippen LogP contribution < -0.4 is 5.32 Å². The highest BCUT2D eigenvalue weighted by atomic mass is 32.2. The lowest BCUT2D eigenvalue weighted by atomic mass is 10.3. The average Bonchev–Trinajstić information content (AvgIpc) is 3.41. The Bertz CT molecular complexity index is 1050. The maximum Gasteiger partial charge on any atom is 0.237 e. The number of hydrogen-bond acceptors (Lipinski definition) is 5. The van der Waals surface area contributed by atoms with Gasteiger partial charge in [-0.15, -0.1) is 10.2 Å². The van der Waals surface area contributed by atoms with Crippen LogP contribution in [0.2, 0.25) is 0 Å². The van der Waals surface area contributed by atoms with Gasteiger partial charge in [-0.05, 0) is 57.1 Å². The van der Waals surface area contributed by atoms with E-state index in [-0.39, 0.29) is 5.69 Å². The van der Waals surface area contributed by atoms with Gasteiger partial charge in [0, 0.05) is 11.8 Å². The van der Waals surface area contributed by atoms with Gasteiger partial charge in [-0.2, -0.15) is 0 Å². The molecule has 0 spiro atoms. The van der Waals surface area contributed by atoms with Crippen molar-refractivity contribution < 1.29 is 13.6 Å². The number of benzene rings is 2. The van der Waals surface area contributed by atoms with Crippen molar-refractivity contribution in [3.05, 3.63) is 66.0 Å². The van der Waals surface area contributed by atoms with E-state index in [1.54, 1.807) is 6.92 Å². The third kappa shape index (κ3) is 5.11. The van der Waals surface area contributed by atoms with Crippen LogP contribution in [0.25, 0.3) is 5.69 Å². The second-order valence-corrected chi connectivity index (χ2v) is 8.73. The number of carbonyl (C=O) groups excluding carboxylic acids is 1. The first kappa shape index (κ1) is 21.5. The maximum absolute atomic E-state index is 13.9. The number of carbonyl (C=O) groups is 1. The van der Waals surface area contributed by atoms with Gasteiger partial charge in [0.15, 0.2) is 11.0 Å². The largest absolute Gasteiger partial charge is 0.323 e. The topological polar surface area (TPSA) is 63.1 Å². The molecule has 0 bridgehead atoms. The van der Waals surface area contributed by atoms with Gasteiger partial charge in [0.1, 0.15) is 11.6 Å². The molecule has 31 heavy (non-hydrogen) atoms. The Hall–Kier alpha value is -2.78. The fraction of sp³-hybridized carbons (Fsp3) is 0.318. The lowest BCUT2D eigenvalue weighted by molar-refractivity contribution is -0.115. The van der Waals surface area contributed by atoms with Crippen molar-refractivity contribution in [2.75, 3.05) is 18.4 Å². The van der Waals surface area contributed by atoms with E-state index < -0.39 is 22.8 Å².